The van der Waals surface area contributed by atoms with Gasteiger partial charge in [-0.3, -0.25) is 4.98 Å². The van der Waals surface area contributed by atoms with Gasteiger partial charge >= 0.3 is 0 Å². The third-order valence-corrected chi connectivity index (χ3v) is 4.84. The Kier molecular flexibility index (Phi) is 4.57. The zero-order valence-electron chi connectivity index (χ0n) is 11.2. The quantitative estimate of drug-likeness (QED) is 0.916. The van der Waals surface area contributed by atoms with Gasteiger partial charge in [0.05, 0.1) is 4.90 Å². The number of halogens is 1. The van der Waals surface area contributed by atoms with E-state index in [0.717, 1.165) is 15.6 Å². The normalized spacial score (nSPS) is 13.2. The Morgan fingerprint density at radius 3 is 2.45 bits per heavy atom. The number of hydrogen-bond acceptors (Lipinski definition) is 3. The molecule has 4 nitrogen and oxygen atoms in total. The van der Waals surface area contributed by atoms with E-state index in [1.54, 1.807) is 43.6 Å². The van der Waals surface area contributed by atoms with Gasteiger partial charge in [0.15, 0.2) is 0 Å². The third-order valence-electron chi connectivity index (χ3n) is 2.86. The molecule has 6 heteroatoms. The summed E-state index contributed by atoms with van der Waals surface area (Å²) in [7, 11) is -3.55. The molecule has 0 aliphatic rings. The van der Waals surface area contributed by atoms with E-state index in [2.05, 4.69) is 25.6 Å². The van der Waals surface area contributed by atoms with Gasteiger partial charge in [0.1, 0.15) is 0 Å². The van der Waals surface area contributed by atoms with E-state index in [1.165, 1.54) is 0 Å². The molecule has 1 aromatic carbocycles. The third kappa shape index (κ3) is 3.65. The second-order valence-corrected chi connectivity index (χ2v) is 7.22. The fourth-order valence-electron chi connectivity index (χ4n) is 1.88. The number of benzene rings is 1. The Bertz CT molecular complexity index is 682. The maximum absolute atomic E-state index is 12.4. The van der Waals surface area contributed by atoms with Crippen molar-refractivity contribution >= 4 is 26.0 Å². The van der Waals surface area contributed by atoms with Crippen LogP contribution in [-0.4, -0.2) is 13.4 Å². The van der Waals surface area contributed by atoms with Crippen LogP contribution in [0.3, 0.4) is 0 Å². The first-order valence-electron chi connectivity index (χ1n) is 6.08. The van der Waals surface area contributed by atoms with Crippen LogP contribution in [0.25, 0.3) is 0 Å². The van der Waals surface area contributed by atoms with Crippen LogP contribution in [0.15, 0.2) is 52.1 Å². The highest BCUT2D eigenvalue weighted by molar-refractivity contribution is 9.10. The fourth-order valence-corrected chi connectivity index (χ4v) is 4.00. The molecule has 1 N–H and O–H groups in total. The lowest BCUT2D eigenvalue weighted by Crippen LogP contribution is -2.27. The summed E-state index contributed by atoms with van der Waals surface area (Å²) in [5.41, 5.74) is 1.76. The first-order chi connectivity index (χ1) is 9.38. The average Bonchev–Trinajstić information content (AvgIpc) is 2.38. The molecule has 0 spiro atoms. The molecular weight excluding hydrogens is 340 g/mol. The van der Waals surface area contributed by atoms with E-state index < -0.39 is 10.0 Å². The van der Waals surface area contributed by atoms with Crippen molar-refractivity contribution < 1.29 is 8.42 Å². The number of hydrogen-bond donors (Lipinski definition) is 1. The Hall–Kier alpha value is -1.24. The molecule has 0 bridgehead atoms. The predicted molar refractivity (Wildman–Crippen MR) is 81.9 cm³/mol. The summed E-state index contributed by atoms with van der Waals surface area (Å²) in [6.45, 7) is 3.66. The molecular formula is C14H15BrN2O2S. The van der Waals surface area contributed by atoms with Crippen molar-refractivity contribution in [2.75, 3.05) is 0 Å². The van der Waals surface area contributed by atoms with Gasteiger partial charge < -0.3 is 0 Å². The highest BCUT2D eigenvalue weighted by Crippen LogP contribution is 2.21. The molecule has 0 saturated carbocycles. The number of aromatic nitrogens is 1. The summed E-state index contributed by atoms with van der Waals surface area (Å²) >= 11 is 3.32. The smallest absolute Gasteiger partial charge is 0.241 e. The van der Waals surface area contributed by atoms with Crippen molar-refractivity contribution in [1.29, 1.82) is 0 Å². The number of nitrogens with zero attached hydrogens (tertiary/aromatic N) is 1. The molecule has 2 aromatic rings. The van der Waals surface area contributed by atoms with Crippen LogP contribution >= 0.6 is 15.9 Å². The standard InChI is InChI=1S/C14H15BrN2O2S/c1-10-7-13(15)9-14(8-10)20(18,19)17-11(2)12-3-5-16-6-4-12/h3-9,11,17H,1-2H3. The molecule has 106 valence electrons. The van der Waals surface area contributed by atoms with E-state index in [4.69, 9.17) is 0 Å². The molecule has 0 saturated heterocycles. The monoisotopic (exact) mass is 354 g/mol. The summed E-state index contributed by atoms with van der Waals surface area (Å²) in [6.07, 6.45) is 3.28. The molecule has 0 amide bonds. The molecule has 0 aliphatic heterocycles. The van der Waals surface area contributed by atoms with Crippen molar-refractivity contribution in [1.82, 2.24) is 9.71 Å². The number of aryl methyl sites for hydroxylation is 1. The SMILES string of the molecule is Cc1cc(Br)cc(S(=O)(=O)NC(C)c2ccncc2)c1. The van der Waals surface area contributed by atoms with Crippen LogP contribution in [0.2, 0.25) is 0 Å². The molecule has 0 radical (unpaired) electrons. The fraction of sp³-hybridized carbons (Fsp3) is 0.214. The summed E-state index contributed by atoms with van der Waals surface area (Å²) in [5.74, 6) is 0. The molecule has 1 unspecified atom stereocenters. The van der Waals surface area contributed by atoms with E-state index in [-0.39, 0.29) is 10.9 Å². The second-order valence-electron chi connectivity index (χ2n) is 4.59. The molecule has 1 heterocycles. The molecule has 20 heavy (non-hydrogen) atoms. The first kappa shape index (κ1) is 15.2. The molecule has 1 atom stereocenters. The predicted octanol–water partition coefficient (Wildman–Crippen LogP) is 3.19. The van der Waals surface area contributed by atoms with Crippen LogP contribution in [0.4, 0.5) is 0 Å². The van der Waals surface area contributed by atoms with Gasteiger partial charge in [0, 0.05) is 22.9 Å². The van der Waals surface area contributed by atoms with Crippen LogP contribution in [0, 0.1) is 6.92 Å². The van der Waals surface area contributed by atoms with Crippen LogP contribution in [0.5, 0.6) is 0 Å². The minimum absolute atomic E-state index is 0.255. The first-order valence-corrected chi connectivity index (χ1v) is 8.35. The van der Waals surface area contributed by atoms with Crippen LogP contribution < -0.4 is 4.72 Å². The van der Waals surface area contributed by atoms with Crippen molar-refractivity contribution in [3.05, 3.63) is 58.3 Å². The Labute approximate surface area is 127 Å². The highest BCUT2D eigenvalue weighted by atomic mass is 79.9. The number of nitrogens with one attached hydrogen (secondary N) is 1. The van der Waals surface area contributed by atoms with Crippen LogP contribution in [0.1, 0.15) is 24.1 Å². The van der Waals surface area contributed by atoms with Gasteiger partial charge in [0.25, 0.3) is 0 Å². The maximum atomic E-state index is 12.4. The van der Waals surface area contributed by atoms with Gasteiger partial charge in [-0.2, -0.15) is 0 Å². The van der Waals surface area contributed by atoms with E-state index in [9.17, 15) is 8.42 Å². The Morgan fingerprint density at radius 2 is 1.85 bits per heavy atom. The van der Waals surface area contributed by atoms with E-state index in [0.29, 0.717) is 0 Å². The molecule has 2 rings (SSSR count). The second kappa shape index (κ2) is 6.03. The van der Waals surface area contributed by atoms with Gasteiger partial charge in [-0.25, -0.2) is 13.1 Å². The van der Waals surface area contributed by atoms with Crippen molar-refractivity contribution in [3.63, 3.8) is 0 Å². The number of rotatable bonds is 4. The minimum Gasteiger partial charge on any atom is -0.265 e. The molecule has 0 fully saturated rings. The lowest BCUT2D eigenvalue weighted by molar-refractivity contribution is 0.566. The number of sulfonamides is 1. The Morgan fingerprint density at radius 1 is 1.20 bits per heavy atom. The minimum atomic E-state index is -3.55. The average molecular weight is 355 g/mol. The Balaban J connectivity index is 2.27. The number of pyridine rings is 1. The molecule has 0 aliphatic carbocycles. The lowest BCUT2D eigenvalue weighted by Gasteiger charge is -2.15. The van der Waals surface area contributed by atoms with E-state index >= 15 is 0 Å². The largest absolute Gasteiger partial charge is 0.265 e. The topological polar surface area (TPSA) is 59.1 Å². The lowest BCUT2D eigenvalue weighted by atomic mass is 10.1. The van der Waals surface area contributed by atoms with E-state index in [1.807, 2.05) is 13.0 Å². The maximum Gasteiger partial charge on any atom is 0.241 e. The van der Waals surface area contributed by atoms with Gasteiger partial charge in [-0.1, -0.05) is 15.9 Å². The zero-order valence-corrected chi connectivity index (χ0v) is 13.6. The summed E-state index contributed by atoms with van der Waals surface area (Å²) < 4.78 is 28.2. The summed E-state index contributed by atoms with van der Waals surface area (Å²) in [5, 5.41) is 0. The molecule has 1 aromatic heterocycles. The summed E-state index contributed by atoms with van der Waals surface area (Å²) in [6, 6.07) is 8.37. The van der Waals surface area contributed by atoms with Gasteiger partial charge in [0.2, 0.25) is 10.0 Å². The van der Waals surface area contributed by atoms with Crippen molar-refractivity contribution in [2.45, 2.75) is 24.8 Å². The van der Waals surface area contributed by atoms with Crippen LogP contribution in [-0.2, 0) is 10.0 Å². The van der Waals surface area contributed by atoms with Crippen molar-refractivity contribution in [2.24, 2.45) is 0 Å². The highest BCUT2D eigenvalue weighted by Gasteiger charge is 2.19. The van der Waals surface area contributed by atoms with Gasteiger partial charge in [-0.05, 0) is 55.3 Å². The van der Waals surface area contributed by atoms with Gasteiger partial charge in [-0.15, -0.1) is 0 Å². The van der Waals surface area contributed by atoms with Crippen molar-refractivity contribution in [3.8, 4) is 0 Å². The summed E-state index contributed by atoms with van der Waals surface area (Å²) in [4.78, 5) is 4.18. The zero-order chi connectivity index (χ0) is 14.8.